The van der Waals surface area contributed by atoms with Crippen LogP contribution < -0.4 is 10.2 Å². The van der Waals surface area contributed by atoms with Gasteiger partial charge in [0, 0.05) is 17.8 Å². The highest BCUT2D eigenvalue weighted by Gasteiger charge is 2.22. The van der Waals surface area contributed by atoms with E-state index in [4.69, 9.17) is 4.74 Å². The van der Waals surface area contributed by atoms with E-state index in [0.29, 0.717) is 25.3 Å². The third-order valence-electron chi connectivity index (χ3n) is 4.80. The molecule has 2 heterocycles. The number of amides is 2. The van der Waals surface area contributed by atoms with Gasteiger partial charge in [-0.2, -0.15) is 0 Å². The number of carbonyl (C=O) groups is 2. The van der Waals surface area contributed by atoms with Crippen LogP contribution in [0.25, 0.3) is 0 Å². The zero-order valence-corrected chi connectivity index (χ0v) is 14.0. The van der Waals surface area contributed by atoms with Crippen molar-refractivity contribution >= 4 is 17.5 Å². The Morgan fingerprint density at radius 2 is 1.88 bits per heavy atom. The van der Waals surface area contributed by atoms with Crippen LogP contribution in [0.3, 0.4) is 0 Å². The van der Waals surface area contributed by atoms with Crippen molar-refractivity contribution in [1.82, 2.24) is 5.32 Å². The molecule has 0 spiro atoms. The van der Waals surface area contributed by atoms with Gasteiger partial charge in [0.05, 0.1) is 19.8 Å². The Labute approximate surface area is 146 Å². The Kier molecular flexibility index (Phi) is 4.24. The van der Waals surface area contributed by atoms with Crippen molar-refractivity contribution < 1.29 is 14.3 Å². The second kappa shape index (κ2) is 6.69. The van der Waals surface area contributed by atoms with Crippen molar-refractivity contribution in [2.75, 3.05) is 18.0 Å². The number of para-hydroxylation sites is 1. The maximum Gasteiger partial charge on any atom is 0.251 e. The molecule has 0 saturated carbocycles. The van der Waals surface area contributed by atoms with Gasteiger partial charge in [-0.1, -0.05) is 24.3 Å². The predicted octanol–water partition coefficient (Wildman–Crippen LogP) is 2.43. The topological polar surface area (TPSA) is 58.6 Å². The predicted molar refractivity (Wildman–Crippen MR) is 94.4 cm³/mol. The normalized spacial score (nSPS) is 15.4. The minimum absolute atomic E-state index is 0.000746. The summed E-state index contributed by atoms with van der Waals surface area (Å²) in [6.45, 7) is 1.84. The summed E-state index contributed by atoms with van der Waals surface area (Å²) in [5.74, 6) is -0.307. The van der Waals surface area contributed by atoms with Crippen LogP contribution in [-0.2, 0) is 29.2 Å². The summed E-state index contributed by atoms with van der Waals surface area (Å²) in [5, 5.41) is 2.75. The number of hydrogen-bond donors (Lipinski definition) is 1. The molecule has 5 nitrogen and oxygen atoms in total. The Morgan fingerprint density at radius 3 is 2.80 bits per heavy atom. The maximum atomic E-state index is 12.6. The van der Waals surface area contributed by atoms with E-state index in [2.05, 4.69) is 11.4 Å². The Bertz CT molecular complexity index is 831. The van der Waals surface area contributed by atoms with Gasteiger partial charge < -0.3 is 15.0 Å². The molecule has 4 rings (SSSR count). The SMILES string of the molecule is O=C(NCC(=O)N1CCCc2ccccc21)c1ccc2c(c1)COC2. The standard InChI is InChI=1S/C20H20N2O3/c23-19(22-9-3-5-14-4-1-2-6-18(14)22)11-21-20(24)15-7-8-16-12-25-13-17(16)10-15/h1-2,4,6-8,10H,3,5,9,11-13H2,(H,21,24). The van der Waals surface area contributed by atoms with Gasteiger partial charge in [-0.15, -0.1) is 0 Å². The quantitative estimate of drug-likeness (QED) is 0.936. The summed E-state index contributed by atoms with van der Waals surface area (Å²) in [6, 6.07) is 13.5. The molecule has 1 N–H and O–H groups in total. The second-order valence-electron chi connectivity index (χ2n) is 6.44. The molecular weight excluding hydrogens is 316 g/mol. The van der Waals surface area contributed by atoms with Crippen molar-refractivity contribution in [3.8, 4) is 0 Å². The number of ether oxygens (including phenoxy) is 1. The van der Waals surface area contributed by atoms with E-state index < -0.39 is 0 Å². The van der Waals surface area contributed by atoms with Gasteiger partial charge in [0.1, 0.15) is 0 Å². The molecule has 0 radical (unpaired) electrons. The van der Waals surface area contributed by atoms with Crippen molar-refractivity contribution in [2.45, 2.75) is 26.1 Å². The van der Waals surface area contributed by atoms with Crippen molar-refractivity contribution in [3.63, 3.8) is 0 Å². The average Bonchev–Trinajstić information content (AvgIpc) is 3.13. The van der Waals surface area contributed by atoms with Crippen LogP contribution in [0.1, 0.15) is 33.5 Å². The molecule has 2 amide bonds. The molecule has 0 aromatic heterocycles. The molecule has 2 aliphatic rings. The van der Waals surface area contributed by atoms with Gasteiger partial charge in [-0.05, 0) is 47.7 Å². The molecule has 0 aliphatic carbocycles. The number of anilines is 1. The second-order valence-corrected chi connectivity index (χ2v) is 6.44. The molecule has 0 bridgehead atoms. The summed E-state index contributed by atoms with van der Waals surface area (Å²) in [4.78, 5) is 26.7. The lowest BCUT2D eigenvalue weighted by molar-refractivity contribution is -0.117. The van der Waals surface area contributed by atoms with Crippen molar-refractivity contribution in [1.29, 1.82) is 0 Å². The van der Waals surface area contributed by atoms with Crippen LogP contribution in [0.15, 0.2) is 42.5 Å². The lowest BCUT2D eigenvalue weighted by Crippen LogP contribution is -2.42. The van der Waals surface area contributed by atoms with E-state index >= 15 is 0 Å². The monoisotopic (exact) mass is 336 g/mol. The first-order chi connectivity index (χ1) is 12.2. The van der Waals surface area contributed by atoms with E-state index in [0.717, 1.165) is 29.7 Å². The zero-order chi connectivity index (χ0) is 17.2. The molecule has 5 heteroatoms. The largest absolute Gasteiger partial charge is 0.372 e. The summed E-state index contributed by atoms with van der Waals surface area (Å²) in [7, 11) is 0. The van der Waals surface area contributed by atoms with Crippen LogP contribution in [0.5, 0.6) is 0 Å². The van der Waals surface area contributed by atoms with Gasteiger partial charge in [0.15, 0.2) is 0 Å². The lowest BCUT2D eigenvalue weighted by atomic mass is 10.0. The fourth-order valence-electron chi connectivity index (χ4n) is 3.46. The Morgan fingerprint density at radius 1 is 1.04 bits per heavy atom. The first kappa shape index (κ1) is 15.8. The highest BCUT2D eigenvalue weighted by atomic mass is 16.5. The summed E-state index contributed by atoms with van der Waals surface area (Å²) >= 11 is 0. The fourth-order valence-corrected chi connectivity index (χ4v) is 3.46. The van der Waals surface area contributed by atoms with E-state index in [1.54, 1.807) is 11.0 Å². The third-order valence-corrected chi connectivity index (χ3v) is 4.80. The summed E-state index contributed by atoms with van der Waals surface area (Å²) in [5.41, 5.74) is 4.88. The van der Waals surface area contributed by atoms with Gasteiger partial charge >= 0.3 is 0 Å². The van der Waals surface area contributed by atoms with Crippen LogP contribution in [0.4, 0.5) is 5.69 Å². The minimum Gasteiger partial charge on any atom is -0.372 e. The number of nitrogens with zero attached hydrogens (tertiary/aromatic N) is 1. The van der Waals surface area contributed by atoms with E-state index in [1.807, 2.05) is 30.3 Å². The molecule has 2 aromatic carbocycles. The van der Waals surface area contributed by atoms with Gasteiger partial charge in [-0.3, -0.25) is 9.59 Å². The van der Waals surface area contributed by atoms with Crippen molar-refractivity contribution in [3.05, 3.63) is 64.7 Å². The molecule has 0 fully saturated rings. The van der Waals surface area contributed by atoms with Gasteiger partial charge in [-0.25, -0.2) is 0 Å². The maximum absolute atomic E-state index is 12.6. The molecular formula is C20H20N2O3. The van der Waals surface area contributed by atoms with Crippen LogP contribution >= 0.6 is 0 Å². The zero-order valence-electron chi connectivity index (χ0n) is 14.0. The summed E-state index contributed by atoms with van der Waals surface area (Å²) < 4.78 is 5.37. The number of aryl methyl sites for hydroxylation is 1. The molecule has 2 aromatic rings. The average molecular weight is 336 g/mol. The van der Waals surface area contributed by atoms with E-state index in [-0.39, 0.29) is 18.4 Å². The molecule has 25 heavy (non-hydrogen) atoms. The first-order valence-electron chi connectivity index (χ1n) is 8.58. The van der Waals surface area contributed by atoms with Crippen LogP contribution in [-0.4, -0.2) is 24.9 Å². The number of benzene rings is 2. The van der Waals surface area contributed by atoms with E-state index in [9.17, 15) is 9.59 Å². The van der Waals surface area contributed by atoms with Gasteiger partial charge in [0.2, 0.25) is 5.91 Å². The molecule has 0 unspecified atom stereocenters. The molecule has 2 aliphatic heterocycles. The number of rotatable bonds is 3. The number of fused-ring (bicyclic) bond motifs is 2. The number of nitrogens with one attached hydrogen (secondary N) is 1. The van der Waals surface area contributed by atoms with Crippen LogP contribution in [0, 0.1) is 0 Å². The lowest BCUT2D eigenvalue weighted by Gasteiger charge is -2.29. The molecule has 128 valence electrons. The first-order valence-corrected chi connectivity index (χ1v) is 8.58. The summed E-state index contributed by atoms with van der Waals surface area (Å²) in [6.07, 6.45) is 1.94. The number of hydrogen-bond acceptors (Lipinski definition) is 3. The smallest absolute Gasteiger partial charge is 0.251 e. The molecule has 0 saturated heterocycles. The Balaban J connectivity index is 1.42. The van der Waals surface area contributed by atoms with Gasteiger partial charge in [0.25, 0.3) is 5.91 Å². The van der Waals surface area contributed by atoms with Crippen molar-refractivity contribution in [2.24, 2.45) is 0 Å². The fraction of sp³-hybridized carbons (Fsp3) is 0.300. The molecule has 0 atom stereocenters. The number of carbonyl (C=O) groups excluding carboxylic acids is 2. The third kappa shape index (κ3) is 3.15. The highest BCUT2D eigenvalue weighted by Crippen LogP contribution is 2.26. The highest BCUT2D eigenvalue weighted by molar-refractivity contribution is 6.01. The van der Waals surface area contributed by atoms with Crippen LogP contribution in [0.2, 0.25) is 0 Å². The minimum atomic E-state index is -0.228. The Hall–Kier alpha value is -2.66. The van der Waals surface area contributed by atoms with E-state index in [1.165, 1.54) is 5.56 Å².